The van der Waals surface area contributed by atoms with Crippen LogP contribution < -0.4 is 0 Å². The first kappa shape index (κ1) is 30.5. The van der Waals surface area contributed by atoms with Crippen molar-refractivity contribution < 1.29 is 54.0 Å². The molecule has 1 N–H and O–H groups in total. The average Bonchev–Trinajstić information content (AvgIpc) is 3.59. The standard InChI is InChI=1S/C30H34Cl2N2O2S.Ac/c31-25-7-8-26(28(32)16-25)30(36)34-18-24(27(19-34)23-12-15-37-20-23)17-33-13-10-21(11-14-33)6-9-29(35)22-4-2-1-3-5-22;/h1-5,7-8,12,15-16,20-21,24,27,29,35H,6,9-11,13-14,17-19H2;. The Morgan fingerprint density at radius 2 is 1.82 bits per heavy atom. The fourth-order valence-electron chi connectivity index (χ4n) is 5.94. The van der Waals surface area contributed by atoms with Gasteiger partial charge in [-0.1, -0.05) is 53.5 Å². The molecular formula is C30H34AcCl2N2O2S. The molecule has 3 heterocycles. The van der Waals surface area contributed by atoms with E-state index >= 15 is 0 Å². The number of halogens is 2. The summed E-state index contributed by atoms with van der Waals surface area (Å²) in [6.07, 6.45) is 3.85. The number of likely N-dealkylation sites (tertiary alicyclic amines) is 2. The van der Waals surface area contributed by atoms with E-state index in [1.54, 1.807) is 29.5 Å². The molecule has 2 saturated heterocycles. The molecule has 2 aromatic carbocycles. The Kier molecular flexibility index (Phi) is 11.6. The molecule has 199 valence electrons. The van der Waals surface area contributed by atoms with E-state index in [1.807, 2.05) is 35.2 Å². The monoisotopic (exact) mass is 783 g/mol. The van der Waals surface area contributed by atoms with E-state index in [2.05, 4.69) is 21.7 Å². The van der Waals surface area contributed by atoms with Crippen LogP contribution in [0.4, 0.5) is 0 Å². The van der Waals surface area contributed by atoms with Crippen LogP contribution in [0.3, 0.4) is 0 Å². The van der Waals surface area contributed by atoms with Gasteiger partial charge in [0.2, 0.25) is 0 Å². The zero-order valence-electron chi connectivity index (χ0n) is 21.5. The number of aliphatic hydroxyl groups is 1. The van der Waals surface area contributed by atoms with Crippen molar-refractivity contribution in [3.8, 4) is 0 Å². The Hall–Kier alpha value is -0.448. The molecule has 38 heavy (non-hydrogen) atoms. The summed E-state index contributed by atoms with van der Waals surface area (Å²) < 4.78 is 0. The zero-order valence-corrected chi connectivity index (χ0v) is 28.6. The molecular weight excluding hydrogens is 750 g/mol. The van der Waals surface area contributed by atoms with Gasteiger partial charge in [0.15, 0.2) is 0 Å². The SMILES string of the molecule is O=C(c1ccc(Cl)cc1Cl)N1CC(CN2CCC(CCC(O)c3ccccc3)CC2)C(c2ccsc2)C1.[Ac]. The number of amides is 1. The van der Waals surface area contributed by atoms with E-state index in [9.17, 15) is 9.90 Å². The van der Waals surface area contributed by atoms with E-state index < -0.39 is 0 Å². The molecule has 1 aromatic heterocycles. The number of carbonyl (C=O) groups is 1. The van der Waals surface area contributed by atoms with Gasteiger partial charge in [-0.2, -0.15) is 11.3 Å². The van der Waals surface area contributed by atoms with Crippen LogP contribution >= 0.6 is 34.5 Å². The Balaban J connectivity index is 0.00000336. The van der Waals surface area contributed by atoms with Gasteiger partial charge in [-0.3, -0.25) is 4.79 Å². The van der Waals surface area contributed by atoms with Gasteiger partial charge < -0.3 is 14.9 Å². The molecule has 0 bridgehead atoms. The topological polar surface area (TPSA) is 43.8 Å². The van der Waals surface area contributed by atoms with Crippen LogP contribution in [0, 0.1) is 55.9 Å². The van der Waals surface area contributed by atoms with Gasteiger partial charge in [0.1, 0.15) is 0 Å². The summed E-state index contributed by atoms with van der Waals surface area (Å²) in [7, 11) is 0. The maximum atomic E-state index is 13.4. The van der Waals surface area contributed by atoms with Crippen molar-refractivity contribution in [1.82, 2.24) is 9.80 Å². The van der Waals surface area contributed by atoms with Gasteiger partial charge in [0, 0.05) is 74.6 Å². The van der Waals surface area contributed by atoms with E-state index in [0.717, 1.165) is 44.6 Å². The number of hydrogen-bond donors (Lipinski definition) is 1. The van der Waals surface area contributed by atoms with Crippen LogP contribution in [-0.2, 0) is 0 Å². The van der Waals surface area contributed by atoms with E-state index in [-0.39, 0.29) is 56.1 Å². The number of rotatable bonds is 8. The molecule has 1 amide bonds. The van der Waals surface area contributed by atoms with Crippen molar-refractivity contribution in [1.29, 1.82) is 0 Å². The fourth-order valence-corrected chi connectivity index (χ4v) is 7.16. The van der Waals surface area contributed by atoms with Crippen LogP contribution in [0.15, 0.2) is 65.4 Å². The minimum atomic E-state index is -0.373. The largest absolute Gasteiger partial charge is 0.388 e. The van der Waals surface area contributed by atoms with Gasteiger partial charge in [0.05, 0.1) is 16.7 Å². The molecule has 2 fully saturated rings. The van der Waals surface area contributed by atoms with E-state index in [4.69, 9.17) is 23.2 Å². The third kappa shape index (κ3) is 7.64. The van der Waals surface area contributed by atoms with Crippen molar-refractivity contribution in [3.05, 3.63) is 92.1 Å². The molecule has 4 nitrogen and oxygen atoms in total. The second kappa shape index (κ2) is 14.4. The van der Waals surface area contributed by atoms with Crippen molar-refractivity contribution >= 4 is 40.4 Å². The van der Waals surface area contributed by atoms with Crippen molar-refractivity contribution in [2.24, 2.45) is 11.8 Å². The maximum absolute atomic E-state index is 13.4. The number of benzene rings is 2. The third-order valence-electron chi connectivity index (χ3n) is 8.09. The minimum absolute atomic E-state index is 0. The predicted octanol–water partition coefficient (Wildman–Crippen LogP) is 7.14. The van der Waals surface area contributed by atoms with Gasteiger partial charge in [-0.05, 0) is 96.8 Å². The van der Waals surface area contributed by atoms with Crippen LogP contribution in [0.2, 0.25) is 10.0 Å². The number of aliphatic hydroxyl groups excluding tert-OH is 1. The molecule has 8 heteroatoms. The first-order valence-electron chi connectivity index (χ1n) is 13.2. The first-order chi connectivity index (χ1) is 18.0. The number of carbonyl (C=O) groups excluding carboxylic acids is 1. The quantitative estimate of drug-likeness (QED) is 0.265. The Bertz CT molecular complexity index is 1170. The molecule has 2 aliphatic heterocycles. The zero-order chi connectivity index (χ0) is 25.8. The summed E-state index contributed by atoms with van der Waals surface area (Å²) in [4.78, 5) is 17.9. The molecule has 0 spiro atoms. The minimum Gasteiger partial charge on any atom is -0.388 e. The first-order valence-corrected chi connectivity index (χ1v) is 14.9. The molecule has 5 rings (SSSR count). The predicted molar refractivity (Wildman–Crippen MR) is 153 cm³/mol. The Morgan fingerprint density at radius 1 is 1.05 bits per heavy atom. The molecule has 0 aliphatic carbocycles. The van der Waals surface area contributed by atoms with Crippen LogP contribution in [0.1, 0.15) is 59.2 Å². The van der Waals surface area contributed by atoms with Crippen LogP contribution in [0.25, 0.3) is 0 Å². The molecule has 2 aliphatic rings. The summed E-state index contributed by atoms with van der Waals surface area (Å²) >= 11 is 14.1. The Morgan fingerprint density at radius 3 is 2.50 bits per heavy atom. The normalized spacial score (nSPS) is 21.3. The summed E-state index contributed by atoms with van der Waals surface area (Å²) in [6.45, 7) is 4.61. The van der Waals surface area contributed by atoms with Crippen molar-refractivity contribution in [3.63, 3.8) is 0 Å². The molecule has 3 unspecified atom stereocenters. The maximum Gasteiger partial charge on any atom is 0.255 e. The number of piperidine rings is 1. The Labute approximate surface area is 275 Å². The third-order valence-corrected chi connectivity index (χ3v) is 9.34. The molecule has 3 aromatic rings. The molecule has 1 radical (unpaired) electrons. The van der Waals surface area contributed by atoms with Gasteiger partial charge in [-0.25, -0.2) is 0 Å². The molecule has 3 atom stereocenters. The summed E-state index contributed by atoms with van der Waals surface area (Å²) in [6, 6.07) is 17.3. The fraction of sp³-hybridized carbons (Fsp3) is 0.433. The second-order valence-electron chi connectivity index (χ2n) is 10.5. The second-order valence-corrected chi connectivity index (χ2v) is 12.1. The van der Waals surface area contributed by atoms with Gasteiger partial charge >= 0.3 is 0 Å². The number of nitrogens with zero attached hydrogens (tertiary/aromatic N) is 2. The molecule has 0 saturated carbocycles. The summed E-state index contributed by atoms with van der Waals surface area (Å²) in [5.41, 5.74) is 2.87. The van der Waals surface area contributed by atoms with Gasteiger partial charge in [0.25, 0.3) is 5.91 Å². The smallest absolute Gasteiger partial charge is 0.255 e. The number of hydrogen-bond acceptors (Lipinski definition) is 4. The van der Waals surface area contributed by atoms with Crippen LogP contribution in [-0.4, -0.2) is 53.5 Å². The van der Waals surface area contributed by atoms with Crippen molar-refractivity contribution in [2.75, 3.05) is 32.7 Å². The van der Waals surface area contributed by atoms with E-state index in [0.29, 0.717) is 39.9 Å². The van der Waals surface area contributed by atoms with E-state index in [1.165, 1.54) is 18.4 Å². The summed E-state index contributed by atoms with van der Waals surface area (Å²) in [5, 5.41) is 15.8. The van der Waals surface area contributed by atoms with Crippen molar-refractivity contribution in [2.45, 2.75) is 37.7 Å². The summed E-state index contributed by atoms with van der Waals surface area (Å²) in [5.74, 6) is 1.37. The average molecular weight is 785 g/mol. The number of thiophene rings is 1. The van der Waals surface area contributed by atoms with Crippen LogP contribution in [0.5, 0.6) is 0 Å². The van der Waals surface area contributed by atoms with Gasteiger partial charge in [-0.15, -0.1) is 0 Å².